The van der Waals surface area contributed by atoms with Gasteiger partial charge in [-0.2, -0.15) is 11.8 Å². The van der Waals surface area contributed by atoms with Crippen molar-refractivity contribution >= 4 is 29.7 Å². The second-order valence-corrected chi connectivity index (χ2v) is 26.0. The van der Waals surface area contributed by atoms with Gasteiger partial charge in [0.15, 0.2) is 31.5 Å². The highest BCUT2D eigenvalue weighted by Crippen LogP contribution is 2.44. The smallest absolute Gasteiger partial charge is 0.315 e. The number of urea groups is 2. The van der Waals surface area contributed by atoms with Crippen LogP contribution in [0.4, 0.5) is 9.59 Å². The van der Waals surface area contributed by atoms with Gasteiger partial charge in [-0.15, -0.1) is 0 Å². The van der Waals surface area contributed by atoms with E-state index < -0.39 is 31.3 Å². The summed E-state index contributed by atoms with van der Waals surface area (Å²) in [6.07, 6.45) is 1.89. The molecule has 0 aromatic rings. The standard InChI is InChI=1S/C59H105N5O14S/c1-17-41-29(4)30(5)46(63-45(65)25-21-23-27-61-58(66)60-26-22-20-24-44-47-40(28-79-44)62-59(67)64-47)57(72-41)75-48-31(6)35(10)54(70-38(48)13)76-50-33(8)36(11)55(74-43(50)19-3)78-52-39(14)71-56(37(12)51(52)68-15)77-49-32(7)34(9)53(69-16)73-42(49)18-2/h29-44,46-57H,17-28H2,1-16H3,(H,63,65)(H2,60,61,66)(H2,62,64,67)/t29-,30-,31+,32+,33+,34?,35?,36?,37?,38?,39?,40-,41?,42?,43?,44-,46?,47-,48-,49-,50-,51-,52+,53-,54-,55+,56-,57-/m0/s1. The van der Waals surface area contributed by atoms with Gasteiger partial charge in [0.1, 0.15) is 6.10 Å². The molecule has 5 amide bonds. The Bertz CT molecular complexity index is 1910. The topological polar surface area (TPSA) is 213 Å². The molecule has 456 valence electrons. The Morgan fingerprint density at radius 3 is 1.63 bits per heavy atom. The first kappa shape index (κ1) is 64.5. The average Bonchev–Trinajstić information content (AvgIpc) is 4.11. The molecule has 0 saturated carbocycles. The first-order chi connectivity index (χ1) is 37.7. The second kappa shape index (κ2) is 29.6. The van der Waals surface area contributed by atoms with E-state index in [1.165, 1.54) is 0 Å². The molecule has 0 radical (unpaired) electrons. The number of rotatable bonds is 24. The minimum atomic E-state index is -0.662. The van der Waals surface area contributed by atoms with Crippen molar-refractivity contribution in [1.82, 2.24) is 26.6 Å². The number of thioether (sulfide) groups is 1. The lowest BCUT2D eigenvalue weighted by atomic mass is 9.80. The van der Waals surface area contributed by atoms with Crippen LogP contribution in [0, 0.1) is 53.3 Å². The summed E-state index contributed by atoms with van der Waals surface area (Å²) in [5.41, 5.74) is 0. The lowest BCUT2D eigenvalue weighted by molar-refractivity contribution is -0.366. The van der Waals surface area contributed by atoms with E-state index in [2.05, 4.69) is 110 Å². The molecule has 7 heterocycles. The fourth-order valence-electron chi connectivity index (χ4n) is 13.6. The molecule has 7 saturated heterocycles. The van der Waals surface area contributed by atoms with Crippen molar-refractivity contribution in [3.05, 3.63) is 0 Å². The molecular weight excluding hydrogens is 1030 g/mol. The van der Waals surface area contributed by atoms with Gasteiger partial charge in [0.2, 0.25) is 5.91 Å². The van der Waals surface area contributed by atoms with Crippen molar-refractivity contribution in [2.24, 2.45) is 53.3 Å². The number of amides is 5. The quantitative estimate of drug-likeness (QED) is 0.0457. The second-order valence-electron chi connectivity index (χ2n) is 24.7. The van der Waals surface area contributed by atoms with Crippen LogP contribution in [0.5, 0.6) is 0 Å². The van der Waals surface area contributed by atoms with Gasteiger partial charge in [-0.25, -0.2) is 9.59 Å². The molecule has 0 spiro atoms. The predicted molar refractivity (Wildman–Crippen MR) is 302 cm³/mol. The molecule has 19 nitrogen and oxygen atoms in total. The number of ether oxygens (including phenoxy) is 11. The minimum Gasteiger partial charge on any atom is -0.378 e. The fourth-order valence-corrected chi connectivity index (χ4v) is 15.1. The molecule has 0 aliphatic carbocycles. The lowest BCUT2D eigenvalue weighted by Gasteiger charge is -2.52. The molecule has 79 heavy (non-hydrogen) atoms. The summed E-state index contributed by atoms with van der Waals surface area (Å²) in [6.45, 7) is 31.1. The summed E-state index contributed by atoms with van der Waals surface area (Å²) in [7, 11) is 3.43. The molecular formula is C59H105N5O14S. The molecule has 7 aliphatic heterocycles. The van der Waals surface area contributed by atoms with Crippen molar-refractivity contribution in [3.8, 4) is 0 Å². The summed E-state index contributed by atoms with van der Waals surface area (Å²) >= 11 is 1.91. The van der Waals surface area contributed by atoms with Crippen molar-refractivity contribution in [3.63, 3.8) is 0 Å². The van der Waals surface area contributed by atoms with E-state index in [1.807, 2.05) is 25.6 Å². The van der Waals surface area contributed by atoms with Gasteiger partial charge in [0, 0.05) is 68.4 Å². The van der Waals surface area contributed by atoms with Gasteiger partial charge in [-0.1, -0.05) is 89.5 Å². The summed E-state index contributed by atoms with van der Waals surface area (Å²) in [4.78, 5) is 37.8. The third kappa shape index (κ3) is 15.3. The Morgan fingerprint density at radius 1 is 0.532 bits per heavy atom. The van der Waals surface area contributed by atoms with E-state index in [-0.39, 0.29) is 151 Å². The number of hydrogen-bond donors (Lipinski definition) is 5. The molecule has 20 heteroatoms. The summed E-state index contributed by atoms with van der Waals surface area (Å²) in [6, 6.07) is -0.194. The van der Waals surface area contributed by atoms with Crippen LogP contribution in [0.2, 0.25) is 0 Å². The van der Waals surface area contributed by atoms with Crippen LogP contribution in [0.1, 0.15) is 155 Å². The number of methoxy groups -OCH3 is 2. The summed E-state index contributed by atoms with van der Waals surface area (Å²) in [5.74, 6) is 1.43. The maximum absolute atomic E-state index is 13.6. The van der Waals surface area contributed by atoms with Gasteiger partial charge in [-0.3, -0.25) is 4.79 Å². The number of hydrogen-bond acceptors (Lipinski definition) is 15. The zero-order chi connectivity index (χ0) is 57.4. The number of unbranched alkanes of at least 4 members (excludes halogenated alkanes) is 2. The minimum absolute atomic E-state index is 0.0209. The number of nitrogens with one attached hydrogen (secondary N) is 5. The van der Waals surface area contributed by atoms with Gasteiger partial charge < -0.3 is 78.7 Å². The first-order valence-corrected chi connectivity index (χ1v) is 31.7. The molecule has 10 unspecified atom stereocenters. The molecule has 7 fully saturated rings. The van der Waals surface area contributed by atoms with Crippen molar-refractivity contribution in [1.29, 1.82) is 0 Å². The van der Waals surface area contributed by atoms with Crippen molar-refractivity contribution in [2.45, 2.75) is 271 Å². The number of fused-ring (bicyclic) bond motifs is 1. The normalized spacial score (nSPS) is 45.3. The molecule has 7 rings (SSSR count). The highest BCUT2D eigenvalue weighted by molar-refractivity contribution is 8.00. The van der Waals surface area contributed by atoms with Crippen LogP contribution in [0.25, 0.3) is 0 Å². The molecule has 0 bridgehead atoms. The molecule has 0 aromatic carbocycles. The summed E-state index contributed by atoms with van der Waals surface area (Å²) < 4.78 is 73.2. The van der Waals surface area contributed by atoms with Crippen LogP contribution in [0.3, 0.4) is 0 Å². The average molecular weight is 1140 g/mol. The number of carbonyl (C=O) groups excluding carboxylic acids is 3. The Balaban J connectivity index is 0.868. The SMILES string of the molecule is CCC1O[C@@H](O[C@@H]2C(C)O[C@@H](O[C@@H]3C(CC)O[C@H](O[C@@H]4C(C)O[C@@H](O[C@@H]5C(CC)O[C@H](OC)C(C)[C@H]5C)C(C)[C@@H]4OC)C(C)[C@H]3C)C(C)[C@H]2C)C(NC(=O)CCCCNC(=O)NCCCC[C@@H]2SC[C@@H]3NC(=O)N[C@@H]32)[C@@H](C)[C@@H]1C. The third-order valence-electron chi connectivity index (χ3n) is 19.6. The monoisotopic (exact) mass is 1140 g/mol. The summed E-state index contributed by atoms with van der Waals surface area (Å²) in [5, 5.41) is 15.6. The Labute approximate surface area is 477 Å². The lowest BCUT2D eigenvalue weighted by Crippen LogP contribution is -2.61. The Hall–Kier alpha value is -2.08. The van der Waals surface area contributed by atoms with E-state index in [0.29, 0.717) is 37.6 Å². The molecule has 7 aliphatic rings. The third-order valence-corrected chi connectivity index (χ3v) is 21.1. The zero-order valence-corrected chi connectivity index (χ0v) is 51.6. The Morgan fingerprint density at radius 2 is 1.04 bits per heavy atom. The fraction of sp³-hybridized carbons (Fsp3) is 0.949. The maximum Gasteiger partial charge on any atom is 0.315 e. The molecule has 5 N–H and O–H groups in total. The highest BCUT2D eigenvalue weighted by atomic mass is 32.2. The zero-order valence-electron chi connectivity index (χ0n) is 50.8. The van der Waals surface area contributed by atoms with Crippen LogP contribution < -0.4 is 26.6 Å². The van der Waals surface area contributed by atoms with E-state index in [1.54, 1.807) is 14.2 Å². The Kier molecular flexibility index (Phi) is 24.2. The molecule has 0 aromatic heterocycles. The van der Waals surface area contributed by atoms with Gasteiger partial charge in [0.05, 0.1) is 73.1 Å². The van der Waals surface area contributed by atoms with Gasteiger partial charge >= 0.3 is 12.1 Å². The van der Waals surface area contributed by atoms with E-state index in [0.717, 1.165) is 44.3 Å². The first-order valence-electron chi connectivity index (χ1n) is 30.7. The number of carbonyl (C=O) groups is 3. The van der Waals surface area contributed by atoms with Crippen LogP contribution in [0.15, 0.2) is 0 Å². The maximum atomic E-state index is 13.6. The van der Waals surface area contributed by atoms with E-state index in [9.17, 15) is 14.4 Å². The largest absolute Gasteiger partial charge is 0.378 e. The molecule has 28 atom stereocenters. The van der Waals surface area contributed by atoms with Gasteiger partial charge in [-0.05, 0) is 88.4 Å². The van der Waals surface area contributed by atoms with Crippen LogP contribution in [-0.4, -0.2) is 167 Å². The van der Waals surface area contributed by atoms with Crippen molar-refractivity contribution < 1.29 is 66.5 Å². The highest BCUT2D eigenvalue weighted by Gasteiger charge is 2.53. The predicted octanol–water partition coefficient (Wildman–Crippen LogP) is 8.10. The van der Waals surface area contributed by atoms with Crippen molar-refractivity contribution in [2.75, 3.05) is 33.1 Å². The van der Waals surface area contributed by atoms with Crippen LogP contribution >= 0.6 is 11.8 Å². The van der Waals surface area contributed by atoms with E-state index in [4.69, 9.17) is 52.1 Å². The van der Waals surface area contributed by atoms with E-state index >= 15 is 0 Å². The van der Waals surface area contributed by atoms with Crippen LogP contribution in [-0.2, 0) is 56.9 Å². The van der Waals surface area contributed by atoms with Gasteiger partial charge in [0.25, 0.3) is 0 Å².